The molecule has 0 aromatic rings. The first-order valence-corrected chi connectivity index (χ1v) is 5.32. The van der Waals surface area contributed by atoms with E-state index in [2.05, 4.69) is 0 Å². The van der Waals surface area contributed by atoms with Gasteiger partial charge in [-0.05, 0) is 21.0 Å². The van der Waals surface area contributed by atoms with Crippen LogP contribution in [0.2, 0.25) is 0 Å². The second kappa shape index (κ2) is 3.73. The summed E-state index contributed by atoms with van der Waals surface area (Å²) in [5, 5.41) is 9.35. The molecule has 16 heavy (non-hydrogen) atoms. The Balaban J connectivity index is 3.06. The van der Waals surface area contributed by atoms with Crippen molar-refractivity contribution in [3.8, 4) is 0 Å². The lowest BCUT2D eigenvalue weighted by atomic mass is 10.0. The van der Waals surface area contributed by atoms with Crippen molar-refractivity contribution in [2.45, 2.75) is 26.3 Å². The fraction of sp³-hybridized carbons (Fsp3) is 0.818. The van der Waals surface area contributed by atoms with Gasteiger partial charge in [-0.1, -0.05) is 13.8 Å². The Morgan fingerprint density at radius 3 is 2.12 bits per heavy atom. The van der Waals surface area contributed by atoms with Gasteiger partial charge in [0.25, 0.3) is 0 Å². The summed E-state index contributed by atoms with van der Waals surface area (Å²) in [6, 6.07) is 0. The van der Waals surface area contributed by atoms with E-state index in [1.54, 1.807) is 39.8 Å². The van der Waals surface area contributed by atoms with Gasteiger partial charge in [-0.25, -0.2) is 0 Å². The molecule has 1 N–H and O–H groups in total. The summed E-state index contributed by atoms with van der Waals surface area (Å²) in [7, 11) is 3.35. The molecule has 2 unspecified atom stereocenters. The second-order valence-electron chi connectivity index (χ2n) is 4.87. The van der Waals surface area contributed by atoms with Crippen LogP contribution in [0.1, 0.15) is 20.8 Å². The zero-order valence-electron chi connectivity index (χ0n) is 10.4. The molecular weight excluding hydrogens is 210 g/mol. The first kappa shape index (κ1) is 13.0. The van der Waals surface area contributed by atoms with Crippen LogP contribution in [0, 0.1) is 11.3 Å². The van der Waals surface area contributed by atoms with E-state index in [4.69, 9.17) is 4.74 Å². The van der Waals surface area contributed by atoms with Crippen LogP contribution >= 0.6 is 0 Å². The minimum absolute atomic E-state index is 0.272. The maximum Gasteiger partial charge on any atom is 0.325 e. The van der Waals surface area contributed by atoms with Crippen LogP contribution in [0.3, 0.4) is 0 Å². The van der Waals surface area contributed by atoms with Gasteiger partial charge in [0.1, 0.15) is 5.54 Å². The second-order valence-corrected chi connectivity index (χ2v) is 4.87. The quantitative estimate of drug-likeness (QED) is 0.715. The third-order valence-electron chi connectivity index (χ3n) is 3.59. The molecule has 0 spiro atoms. The van der Waals surface area contributed by atoms with Gasteiger partial charge < -0.3 is 9.84 Å². The molecule has 5 heteroatoms. The topological polar surface area (TPSA) is 66.8 Å². The minimum atomic E-state index is -1.14. The summed E-state index contributed by atoms with van der Waals surface area (Å²) in [4.78, 5) is 24.7. The number of hydrogen-bond acceptors (Lipinski definition) is 4. The van der Waals surface area contributed by atoms with E-state index in [9.17, 15) is 14.7 Å². The summed E-state index contributed by atoms with van der Waals surface area (Å²) < 4.78 is 4.93. The molecule has 0 saturated heterocycles. The van der Waals surface area contributed by atoms with Crippen molar-refractivity contribution in [1.29, 1.82) is 0 Å². The fourth-order valence-electron chi connectivity index (χ4n) is 2.86. The van der Waals surface area contributed by atoms with Crippen molar-refractivity contribution >= 4 is 11.9 Å². The summed E-state index contributed by atoms with van der Waals surface area (Å²) in [5.41, 5.74) is -1.74. The molecule has 2 atom stereocenters. The van der Waals surface area contributed by atoms with Gasteiger partial charge in [0.05, 0.1) is 12.5 Å². The lowest BCUT2D eigenvalue weighted by Crippen LogP contribution is -2.44. The number of ether oxygens (including phenoxy) is 1. The van der Waals surface area contributed by atoms with Crippen LogP contribution in [-0.4, -0.2) is 48.2 Å². The van der Waals surface area contributed by atoms with Crippen LogP contribution in [0.5, 0.6) is 0 Å². The lowest BCUT2D eigenvalue weighted by molar-refractivity contribution is -0.152. The molecule has 0 aromatic heterocycles. The maximum atomic E-state index is 11.7. The summed E-state index contributed by atoms with van der Waals surface area (Å²) in [6.07, 6.45) is 0. The summed E-state index contributed by atoms with van der Waals surface area (Å²) in [6.45, 7) is 5.55. The van der Waals surface area contributed by atoms with E-state index in [-0.39, 0.29) is 6.61 Å². The molecule has 0 radical (unpaired) electrons. The SMILES string of the molecule is CCOC(=O)C1C(C)(C)C1(C(=O)O)N(C)C. The number of nitrogens with zero attached hydrogens (tertiary/aromatic N) is 1. The van der Waals surface area contributed by atoms with Gasteiger partial charge in [0.15, 0.2) is 0 Å². The molecule has 1 fully saturated rings. The standard InChI is InChI=1S/C11H19NO4/c1-6-16-8(13)7-10(2,3)11(7,9(14)15)12(4)5/h7H,6H2,1-5H3,(H,14,15). The highest BCUT2D eigenvalue weighted by Crippen LogP contribution is 2.64. The summed E-state index contributed by atoms with van der Waals surface area (Å²) in [5.74, 6) is -2.00. The molecule has 0 bridgehead atoms. The normalized spacial score (nSPS) is 31.2. The lowest BCUT2D eigenvalue weighted by Gasteiger charge is -2.23. The van der Waals surface area contributed by atoms with E-state index in [1.165, 1.54) is 0 Å². The van der Waals surface area contributed by atoms with Crippen molar-refractivity contribution in [3.05, 3.63) is 0 Å². The van der Waals surface area contributed by atoms with E-state index in [0.29, 0.717) is 0 Å². The van der Waals surface area contributed by atoms with Gasteiger partial charge in [-0.2, -0.15) is 0 Å². The monoisotopic (exact) mass is 229 g/mol. The number of carbonyl (C=O) groups is 2. The predicted molar refractivity (Wildman–Crippen MR) is 58.0 cm³/mol. The highest BCUT2D eigenvalue weighted by atomic mass is 16.5. The fourth-order valence-corrected chi connectivity index (χ4v) is 2.86. The predicted octanol–water partition coefficient (Wildman–Crippen LogP) is 0.590. The highest BCUT2D eigenvalue weighted by molar-refractivity contribution is 5.96. The van der Waals surface area contributed by atoms with E-state index < -0.39 is 28.8 Å². The van der Waals surface area contributed by atoms with Gasteiger partial charge in [-0.15, -0.1) is 0 Å². The Morgan fingerprint density at radius 1 is 1.38 bits per heavy atom. The third-order valence-corrected chi connectivity index (χ3v) is 3.59. The van der Waals surface area contributed by atoms with Crippen LogP contribution in [0.25, 0.3) is 0 Å². The van der Waals surface area contributed by atoms with E-state index >= 15 is 0 Å². The Bertz CT molecular complexity index is 324. The van der Waals surface area contributed by atoms with E-state index in [1.807, 2.05) is 0 Å². The number of carboxylic acids is 1. The molecule has 92 valence electrons. The van der Waals surface area contributed by atoms with Crippen LogP contribution in [0.15, 0.2) is 0 Å². The Morgan fingerprint density at radius 2 is 1.88 bits per heavy atom. The van der Waals surface area contributed by atoms with E-state index in [0.717, 1.165) is 0 Å². The molecular formula is C11H19NO4. The first-order chi connectivity index (χ1) is 7.24. The number of esters is 1. The Kier molecular flexibility index (Phi) is 3.02. The Labute approximate surface area is 95.4 Å². The number of likely N-dealkylation sites (N-methyl/N-ethyl adjacent to an activating group) is 1. The average Bonchev–Trinajstić information content (AvgIpc) is 2.64. The Hall–Kier alpha value is -1.10. The van der Waals surface area contributed by atoms with Gasteiger partial charge >= 0.3 is 11.9 Å². The molecule has 1 aliphatic carbocycles. The first-order valence-electron chi connectivity index (χ1n) is 5.32. The van der Waals surface area contributed by atoms with Crippen LogP contribution in [0.4, 0.5) is 0 Å². The maximum absolute atomic E-state index is 11.7. The van der Waals surface area contributed by atoms with Crippen LogP contribution in [-0.2, 0) is 14.3 Å². The van der Waals surface area contributed by atoms with Gasteiger partial charge in [0, 0.05) is 5.41 Å². The average molecular weight is 229 g/mol. The number of aliphatic carboxylic acids is 1. The number of carbonyl (C=O) groups excluding carboxylic acids is 1. The zero-order chi connectivity index (χ0) is 12.7. The largest absolute Gasteiger partial charge is 0.480 e. The molecule has 5 nitrogen and oxygen atoms in total. The van der Waals surface area contributed by atoms with Crippen molar-refractivity contribution in [2.75, 3.05) is 20.7 Å². The number of rotatable bonds is 4. The molecule has 0 heterocycles. The molecule has 1 saturated carbocycles. The van der Waals surface area contributed by atoms with Crippen molar-refractivity contribution in [2.24, 2.45) is 11.3 Å². The smallest absolute Gasteiger partial charge is 0.325 e. The molecule has 0 aromatic carbocycles. The molecule has 1 aliphatic rings. The molecule has 1 rings (SSSR count). The van der Waals surface area contributed by atoms with Gasteiger partial charge in [-0.3, -0.25) is 14.5 Å². The summed E-state index contributed by atoms with van der Waals surface area (Å²) >= 11 is 0. The third kappa shape index (κ3) is 1.34. The van der Waals surface area contributed by atoms with Crippen LogP contribution < -0.4 is 0 Å². The molecule has 0 amide bonds. The van der Waals surface area contributed by atoms with Crippen molar-refractivity contribution < 1.29 is 19.4 Å². The number of carboxylic acid groups (broad SMARTS) is 1. The van der Waals surface area contributed by atoms with Crippen molar-refractivity contribution in [1.82, 2.24) is 4.90 Å². The minimum Gasteiger partial charge on any atom is -0.480 e. The molecule has 0 aliphatic heterocycles. The zero-order valence-corrected chi connectivity index (χ0v) is 10.4. The number of hydrogen-bond donors (Lipinski definition) is 1. The van der Waals surface area contributed by atoms with Gasteiger partial charge in [0.2, 0.25) is 0 Å². The highest BCUT2D eigenvalue weighted by Gasteiger charge is 2.81. The van der Waals surface area contributed by atoms with Crippen molar-refractivity contribution in [3.63, 3.8) is 0 Å².